The molecule has 0 atom stereocenters. The van der Waals surface area contributed by atoms with Crippen molar-refractivity contribution in [1.29, 1.82) is 0 Å². The molecule has 1 N–H and O–H groups in total. The number of nitrogens with zero attached hydrogens (tertiary/aromatic N) is 1. The van der Waals surface area contributed by atoms with E-state index in [1.807, 2.05) is 32.0 Å². The maximum atomic E-state index is 12.3. The molecule has 2 rings (SSSR count). The number of methoxy groups -OCH3 is 1. The van der Waals surface area contributed by atoms with Gasteiger partial charge in [0.25, 0.3) is 5.91 Å². The average molecular weight is 401 g/mol. The molecule has 6 nitrogen and oxygen atoms in total. The number of carbonyl (C=O) groups excluding carboxylic acids is 1. The van der Waals surface area contributed by atoms with Crippen LogP contribution in [0.15, 0.2) is 36.4 Å². The molecule has 0 aliphatic heterocycles. The van der Waals surface area contributed by atoms with Crippen LogP contribution in [0.1, 0.15) is 25.0 Å². The van der Waals surface area contributed by atoms with Crippen molar-refractivity contribution in [2.24, 2.45) is 0 Å². The van der Waals surface area contributed by atoms with E-state index >= 15 is 0 Å². The van der Waals surface area contributed by atoms with E-state index in [-0.39, 0.29) is 12.5 Å². The summed E-state index contributed by atoms with van der Waals surface area (Å²) in [6, 6.07) is 11.2. The number of rotatable bonds is 11. The summed E-state index contributed by atoms with van der Waals surface area (Å²) < 4.78 is 16.9. The van der Waals surface area contributed by atoms with E-state index in [1.54, 1.807) is 25.3 Å². The third-order valence-electron chi connectivity index (χ3n) is 4.70. The zero-order valence-electron chi connectivity index (χ0n) is 18.1. The lowest BCUT2D eigenvalue weighted by molar-refractivity contribution is -0.118. The highest BCUT2D eigenvalue weighted by Crippen LogP contribution is 2.30. The largest absolute Gasteiger partial charge is 0.493 e. The van der Waals surface area contributed by atoms with E-state index in [1.165, 1.54) is 0 Å². The minimum absolute atomic E-state index is 0.0614. The van der Waals surface area contributed by atoms with Crippen molar-refractivity contribution in [3.63, 3.8) is 0 Å². The van der Waals surface area contributed by atoms with E-state index in [0.29, 0.717) is 29.5 Å². The fraction of sp³-hybridized carbons (Fsp3) is 0.435. The first-order chi connectivity index (χ1) is 14.0. The molecule has 0 unspecified atom stereocenters. The van der Waals surface area contributed by atoms with Crippen molar-refractivity contribution in [1.82, 2.24) is 4.90 Å². The molecule has 0 bridgehead atoms. The van der Waals surface area contributed by atoms with Gasteiger partial charge < -0.3 is 24.4 Å². The Balaban J connectivity index is 1.94. The molecule has 0 aliphatic carbocycles. The highest BCUT2D eigenvalue weighted by molar-refractivity contribution is 5.92. The molecule has 2 aromatic carbocycles. The van der Waals surface area contributed by atoms with Gasteiger partial charge in [-0.15, -0.1) is 0 Å². The Hall–Kier alpha value is -2.73. The van der Waals surface area contributed by atoms with E-state index in [0.717, 1.165) is 30.8 Å². The summed E-state index contributed by atoms with van der Waals surface area (Å²) >= 11 is 0. The molecule has 2 aromatic rings. The second-order valence-electron chi connectivity index (χ2n) is 6.85. The predicted molar refractivity (Wildman–Crippen MR) is 116 cm³/mol. The highest BCUT2D eigenvalue weighted by atomic mass is 16.5. The van der Waals surface area contributed by atoms with Crippen LogP contribution in [-0.4, -0.2) is 50.8 Å². The molecule has 0 aliphatic rings. The number of benzene rings is 2. The van der Waals surface area contributed by atoms with Gasteiger partial charge in [0.2, 0.25) is 0 Å². The number of hydrogen-bond donors (Lipinski definition) is 1. The zero-order valence-corrected chi connectivity index (χ0v) is 18.1. The Morgan fingerprint density at radius 3 is 2.34 bits per heavy atom. The molecule has 0 heterocycles. The van der Waals surface area contributed by atoms with E-state index in [2.05, 4.69) is 24.1 Å². The van der Waals surface area contributed by atoms with Gasteiger partial charge in [-0.3, -0.25) is 4.79 Å². The maximum Gasteiger partial charge on any atom is 0.262 e. The van der Waals surface area contributed by atoms with Crippen LogP contribution in [0.25, 0.3) is 0 Å². The van der Waals surface area contributed by atoms with Gasteiger partial charge in [0.15, 0.2) is 18.1 Å². The smallest absolute Gasteiger partial charge is 0.262 e. The fourth-order valence-corrected chi connectivity index (χ4v) is 2.99. The number of nitrogens with one attached hydrogen (secondary N) is 1. The van der Waals surface area contributed by atoms with Crippen LogP contribution in [0.5, 0.6) is 17.2 Å². The molecule has 0 spiro atoms. The zero-order chi connectivity index (χ0) is 21.2. The van der Waals surface area contributed by atoms with Crippen LogP contribution in [0.3, 0.4) is 0 Å². The minimum Gasteiger partial charge on any atom is -0.493 e. The van der Waals surface area contributed by atoms with Crippen molar-refractivity contribution in [2.75, 3.05) is 45.3 Å². The Labute approximate surface area is 173 Å². The van der Waals surface area contributed by atoms with Gasteiger partial charge in [-0.05, 0) is 50.7 Å². The molecule has 0 fully saturated rings. The van der Waals surface area contributed by atoms with E-state index in [9.17, 15) is 4.79 Å². The highest BCUT2D eigenvalue weighted by Gasteiger charge is 2.10. The monoisotopic (exact) mass is 400 g/mol. The summed E-state index contributed by atoms with van der Waals surface area (Å²) in [7, 11) is 1.60. The number of carbonyl (C=O) groups is 1. The number of aryl methyl sites for hydroxylation is 2. The number of anilines is 1. The first kappa shape index (κ1) is 22.6. The second kappa shape index (κ2) is 11.3. The number of hydrogen-bond acceptors (Lipinski definition) is 5. The maximum absolute atomic E-state index is 12.3. The van der Waals surface area contributed by atoms with Gasteiger partial charge in [0.1, 0.15) is 12.4 Å². The molecule has 158 valence electrons. The molecular formula is C23H32N2O4. The predicted octanol–water partition coefficient (Wildman–Crippen LogP) is 4.05. The van der Waals surface area contributed by atoms with Gasteiger partial charge >= 0.3 is 0 Å². The first-order valence-corrected chi connectivity index (χ1v) is 9.99. The molecule has 0 saturated heterocycles. The second-order valence-corrected chi connectivity index (χ2v) is 6.85. The Morgan fingerprint density at radius 1 is 0.966 bits per heavy atom. The van der Waals surface area contributed by atoms with Crippen LogP contribution >= 0.6 is 0 Å². The first-order valence-electron chi connectivity index (χ1n) is 9.99. The topological polar surface area (TPSA) is 60.0 Å². The third-order valence-corrected chi connectivity index (χ3v) is 4.70. The summed E-state index contributed by atoms with van der Waals surface area (Å²) in [6.07, 6.45) is 0. The van der Waals surface area contributed by atoms with Crippen molar-refractivity contribution in [2.45, 2.75) is 27.7 Å². The van der Waals surface area contributed by atoms with Gasteiger partial charge in [-0.2, -0.15) is 0 Å². The normalized spacial score (nSPS) is 10.7. The van der Waals surface area contributed by atoms with Crippen LogP contribution < -0.4 is 19.5 Å². The van der Waals surface area contributed by atoms with Gasteiger partial charge in [0.05, 0.1) is 7.11 Å². The van der Waals surface area contributed by atoms with E-state index < -0.39 is 0 Å². The van der Waals surface area contributed by atoms with Crippen LogP contribution in [0.4, 0.5) is 5.69 Å². The van der Waals surface area contributed by atoms with Crippen molar-refractivity contribution >= 4 is 11.6 Å². The molecule has 29 heavy (non-hydrogen) atoms. The van der Waals surface area contributed by atoms with Crippen molar-refractivity contribution in [3.8, 4) is 17.2 Å². The summed E-state index contributed by atoms with van der Waals surface area (Å²) in [5.74, 6) is 1.71. The summed E-state index contributed by atoms with van der Waals surface area (Å²) in [5.41, 5.74) is 2.80. The van der Waals surface area contributed by atoms with Crippen molar-refractivity contribution in [3.05, 3.63) is 47.5 Å². The van der Waals surface area contributed by atoms with Gasteiger partial charge in [0, 0.05) is 18.3 Å². The van der Waals surface area contributed by atoms with Gasteiger partial charge in [-0.1, -0.05) is 31.5 Å². The molecule has 0 saturated carbocycles. The lowest BCUT2D eigenvalue weighted by atomic mass is 10.1. The summed E-state index contributed by atoms with van der Waals surface area (Å²) in [4.78, 5) is 14.6. The SMILES string of the molecule is CCN(CC)CCOc1cc(NC(=O)COc2ccc(C)cc2C)ccc1OC. The lowest BCUT2D eigenvalue weighted by Crippen LogP contribution is -2.28. The number of amides is 1. The number of likely N-dealkylation sites (N-methyl/N-ethyl adjacent to an activating group) is 1. The molecular weight excluding hydrogens is 368 g/mol. The minimum atomic E-state index is -0.232. The third kappa shape index (κ3) is 6.98. The van der Waals surface area contributed by atoms with Crippen LogP contribution in [0, 0.1) is 13.8 Å². The Bertz CT molecular complexity index is 803. The molecule has 0 radical (unpaired) electrons. The standard InChI is InChI=1S/C23H32N2O4/c1-6-25(7-2)12-13-28-22-15-19(9-11-21(22)27-5)24-23(26)16-29-20-10-8-17(3)14-18(20)4/h8-11,14-15H,6-7,12-13,16H2,1-5H3,(H,24,26). The molecule has 0 aromatic heterocycles. The summed E-state index contributed by atoms with van der Waals surface area (Å²) in [6.45, 7) is 11.5. The number of ether oxygens (including phenoxy) is 3. The summed E-state index contributed by atoms with van der Waals surface area (Å²) in [5, 5.41) is 2.85. The fourth-order valence-electron chi connectivity index (χ4n) is 2.99. The van der Waals surface area contributed by atoms with Crippen LogP contribution in [-0.2, 0) is 4.79 Å². The van der Waals surface area contributed by atoms with E-state index in [4.69, 9.17) is 14.2 Å². The average Bonchev–Trinajstić information content (AvgIpc) is 2.71. The molecule has 1 amide bonds. The van der Waals surface area contributed by atoms with Gasteiger partial charge in [-0.25, -0.2) is 0 Å². The quantitative estimate of drug-likeness (QED) is 0.617. The Morgan fingerprint density at radius 2 is 1.69 bits per heavy atom. The molecule has 6 heteroatoms. The lowest BCUT2D eigenvalue weighted by Gasteiger charge is -2.19. The van der Waals surface area contributed by atoms with Crippen LogP contribution in [0.2, 0.25) is 0 Å². The Kier molecular flexibility index (Phi) is 8.80. The van der Waals surface area contributed by atoms with Crippen molar-refractivity contribution < 1.29 is 19.0 Å².